The molecule has 0 aliphatic carbocycles. The third kappa shape index (κ3) is 5.40. The second kappa shape index (κ2) is 9.14. The van der Waals surface area contributed by atoms with Crippen molar-refractivity contribution >= 4 is 17.5 Å². The van der Waals surface area contributed by atoms with Gasteiger partial charge in [0.05, 0.1) is 12.7 Å². The van der Waals surface area contributed by atoms with E-state index in [2.05, 4.69) is 5.32 Å². The lowest BCUT2D eigenvalue weighted by Gasteiger charge is -2.27. The van der Waals surface area contributed by atoms with Crippen LogP contribution in [0.25, 0.3) is 0 Å². The van der Waals surface area contributed by atoms with Crippen LogP contribution in [0.4, 0.5) is 0 Å². The number of hydrogen-bond acceptors (Lipinski definition) is 6. The van der Waals surface area contributed by atoms with E-state index in [1.807, 2.05) is 0 Å². The van der Waals surface area contributed by atoms with Crippen LogP contribution >= 0.6 is 0 Å². The molecule has 7 nitrogen and oxygen atoms in total. The first kappa shape index (κ1) is 21.1. The summed E-state index contributed by atoms with van der Waals surface area (Å²) in [4.78, 5) is 35.5. The topological polar surface area (TPSA) is 108 Å². The number of Topliss-reactive ketones (excluding diaryl/α,β-unsaturated/α-hetero) is 2. The summed E-state index contributed by atoms with van der Waals surface area (Å²) in [5.41, 5.74) is 5.76. The van der Waals surface area contributed by atoms with Crippen molar-refractivity contribution in [2.45, 2.75) is 25.9 Å². The van der Waals surface area contributed by atoms with Crippen molar-refractivity contribution in [1.82, 2.24) is 5.32 Å². The highest BCUT2D eigenvalue weighted by molar-refractivity contribution is 5.99. The molecule has 28 heavy (non-hydrogen) atoms. The number of ketones is 2. The van der Waals surface area contributed by atoms with Crippen molar-refractivity contribution < 1.29 is 23.9 Å². The third-order valence-corrected chi connectivity index (χ3v) is 4.21. The number of carbonyl (C=O) groups excluding carboxylic acids is 3. The van der Waals surface area contributed by atoms with Gasteiger partial charge in [0.25, 0.3) is 0 Å². The Morgan fingerprint density at radius 3 is 2.25 bits per heavy atom. The first-order chi connectivity index (χ1) is 13.2. The average Bonchev–Trinajstić information content (AvgIpc) is 2.66. The van der Waals surface area contributed by atoms with E-state index in [1.54, 1.807) is 48.5 Å². The van der Waals surface area contributed by atoms with Crippen LogP contribution in [0.1, 0.15) is 29.8 Å². The van der Waals surface area contributed by atoms with Crippen LogP contribution in [0.15, 0.2) is 48.5 Å². The highest BCUT2D eigenvalue weighted by Crippen LogP contribution is 2.20. The molecule has 148 valence electrons. The summed E-state index contributed by atoms with van der Waals surface area (Å²) < 4.78 is 10.7. The van der Waals surface area contributed by atoms with E-state index >= 15 is 0 Å². The lowest BCUT2D eigenvalue weighted by Crippen LogP contribution is -2.61. The fourth-order valence-corrected chi connectivity index (χ4v) is 2.70. The zero-order valence-corrected chi connectivity index (χ0v) is 16.2. The molecular weight excluding hydrogens is 360 g/mol. The molecular formula is C21H24N2O5. The smallest absolute Gasteiger partial charge is 0.218 e. The maximum Gasteiger partial charge on any atom is 0.218 e. The van der Waals surface area contributed by atoms with Crippen LogP contribution in [0.5, 0.6) is 11.5 Å². The number of nitrogens with one attached hydrogen (secondary N) is 1. The van der Waals surface area contributed by atoms with Crippen LogP contribution in [-0.2, 0) is 16.0 Å². The van der Waals surface area contributed by atoms with Gasteiger partial charge < -0.3 is 20.5 Å². The van der Waals surface area contributed by atoms with Crippen molar-refractivity contribution in [3.8, 4) is 11.5 Å². The molecule has 0 heterocycles. The minimum absolute atomic E-state index is 0.139. The van der Waals surface area contributed by atoms with Gasteiger partial charge in [0, 0.05) is 13.3 Å². The van der Waals surface area contributed by atoms with Crippen LogP contribution in [-0.4, -0.2) is 36.9 Å². The molecule has 0 aromatic heterocycles. The van der Waals surface area contributed by atoms with Crippen molar-refractivity contribution in [3.63, 3.8) is 0 Å². The molecule has 2 aromatic rings. The molecule has 3 N–H and O–H groups in total. The summed E-state index contributed by atoms with van der Waals surface area (Å²) in [6, 6.07) is 13.8. The summed E-state index contributed by atoms with van der Waals surface area (Å²) in [7, 11) is 1.51. The first-order valence-corrected chi connectivity index (χ1v) is 8.72. The summed E-state index contributed by atoms with van der Waals surface area (Å²) in [5.74, 6) is 0.0626. The zero-order chi connectivity index (χ0) is 20.7. The molecule has 0 aliphatic rings. The van der Waals surface area contributed by atoms with E-state index in [0.717, 1.165) is 5.56 Å². The van der Waals surface area contributed by atoms with Gasteiger partial charge in [-0.1, -0.05) is 24.3 Å². The molecule has 0 saturated carbocycles. The van der Waals surface area contributed by atoms with Crippen molar-refractivity contribution in [3.05, 3.63) is 59.7 Å². The van der Waals surface area contributed by atoms with Crippen LogP contribution in [0.3, 0.4) is 0 Å². The van der Waals surface area contributed by atoms with Crippen LogP contribution < -0.4 is 20.5 Å². The SMILES string of the molecule is COc1ccccc1C(=O)COc1ccc(C[C@](N)(NC(C)=O)C(C)=O)cc1. The second-order valence-electron chi connectivity index (χ2n) is 6.44. The largest absolute Gasteiger partial charge is 0.496 e. The molecule has 2 rings (SSSR count). The van der Waals surface area contributed by atoms with Gasteiger partial charge in [-0.05, 0) is 36.8 Å². The lowest BCUT2D eigenvalue weighted by atomic mass is 9.96. The number of hydrogen-bond donors (Lipinski definition) is 2. The molecule has 2 aromatic carbocycles. The standard InChI is InChI=1S/C21H24N2O5/c1-14(24)21(22,23-15(2)25)12-16-8-10-17(11-9-16)28-13-19(26)18-6-4-5-7-20(18)27-3/h4-11H,12-13,22H2,1-3H3,(H,23,25)/t21-/m0/s1. The Bertz CT molecular complexity index is 863. The Morgan fingerprint density at radius 2 is 1.68 bits per heavy atom. The van der Waals surface area contributed by atoms with Crippen LogP contribution in [0, 0.1) is 0 Å². The number of ether oxygens (including phenoxy) is 2. The molecule has 0 bridgehead atoms. The Hall–Kier alpha value is -3.19. The number of benzene rings is 2. The highest BCUT2D eigenvalue weighted by Gasteiger charge is 2.31. The van der Waals surface area contributed by atoms with Gasteiger partial charge in [-0.25, -0.2) is 0 Å². The normalized spacial score (nSPS) is 12.6. The second-order valence-corrected chi connectivity index (χ2v) is 6.44. The summed E-state index contributed by atoms with van der Waals surface area (Å²) in [5, 5.41) is 2.49. The Kier molecular flexibility index (Phi) is 6.89. The monoisotopic (exact) mass is 384 g/mol. The molecule has 1 amide bonds. The summed E-state index contributed by atoms with van der Waals surface area (Å²) in [6.45, 7) is 2.50. The van der Waals surface area contributed by atoms with Gasteiger partial charge in [0.2, 0.25) is 11.7 Å². The van der Waals surface area contributed by atoms with Gasteiger partial charge in [0.1, 0.15) is 11.5 Å². The maximum atomic E-state index is 12.3. The highest BCUT2D eigenvalue weighted by atomic mass is 16.5. The van der Waals surface area contributed by atoms with E-state index in [1.165, 1.54) is 21.0 Å². The predicted octanol–water partition coefficient (Wildman–Crippen LogP) is 1.88. The fraction of sp³-hybridized carbons (Fsp3) is 0.286. The number of para-hydroxylation sites is 1. The molecule has 0 aliphatic heterocycles. The third-order valence-electron chi connectivity index (χ3n) is 4.21. The van der Waals surface area contributed by atoms with Gasteiger partial charge in [-0.15, -0.1) is 0 Å². The van der Waals surface area contributed by atoms with Gasteiger partial charge >= 0.3 is 0 Å². The number of nitrogens with two attached hydrogens (primary N) is 1. The molecule has 7 heteroatoms. The van der Waals surface area contributed by atoms with E-state index < -0.39 is 5.66 Å². The van der Waals surface area contributed by atoms with Gasteiger partial charge in [-0.2, -0.15) is 0 Å². The summed E-state index contributed by atoms with van der Waals surface area (Å²) in [6.07, 6.45) is 0.141. The average molecular weight is 384 g/mol. The fourth-order valence-electron chi connectivity index (χ4n) is 2.70. The number of rotatable bonds is 9. The minimum Gasteiger partial charge on any atom is -0.496 e. The molecule has 0 radical (unpaired) electrons. The first-order valence-electron chi connectivity index (χ1n) is 8.72. The predicted molar refractivity (Wildman–Crippen MR) is 104 cm³/mol. The maximum absolute atomic E-state index is 12.3. The van der Waals surface area contributed by atoms with E-state index in [-0.39, 0.29) is 30.5 Å². The van der Waals surface area contributed by atoms with Gasteiger partial charge in [0.15, 0.2) is 18.1 Å². The minimum atomic E-state index is -1.46. The van der Waals surface area contributed by atoms with Crippen molar-refractivity contribution in [2.75, 3.05) is 13.7 Å². The Balaban J connectivity index is 2.01. The van der Waals surface area contributed by atoms with E-state index in [0.29, 0.717) is 17.1 Å². The van der Waals surface area contributed by atoms with Crippen molar-refractivity contribution in [1.29, 1.82) is 0 Å². The van der Waals surface area contributed by atoms with E-state index in [9.17, 15) is 14.4 Å². The van der Waals surface area contributed by atoms with Crippen LogP contribution in [0.2, 0.25) is 0 Å². The Labute approximate surface area is 163 Å². The summed E-state index contributed by atoms with van der Waals surface area (Å²) >= 11 is 0. The quantitative estimate of drug-likeness (QED) is 0.505. The van der Waals surface area contributed by atoms with E-state index in [4.69, 9.17) is 15.2 Å². The number of methoxy groups -OCH3 is 1. The number of amides is 1. The molecule has 0 spiro atoms. The molecule has 0 fully saturated rings. The molecule has 0 saturated heterocycles. The van der Waals surface area contributed by atoms with Gasteiger partial charge in [-0.3, -0.25) is 14.4 Å². The lowest BCUT2D eigenvalue weighted by molar-refractivity contribution is -0.129. The van der Waals surface area contributed by atoms with Crippen molar-refractivity contribution in [2.24, 2.45) is 5.73 Å². The number of carbonyl (C=O) groups is 3. The zero-order valence-electron chi connectivity index (χ0n) is 16.2. The molecule has 1 atom stereocenters. The molecule has 0 unspecified atom stereocenters. The Morgan fingerprint density at radius 1 is 1.04 bits per heavy atom.